The highest BCUT2D eigenvalue weighted by Crippen LogP contribution is 2.15. The summed E-state index contributed by atoms with van der Waals surface area (Å²) in [5.41, 5.74) is 1.64. The summed E-state index contributed by atoms with van der Waals surface area (Å²) in [5.74, 6) is 7.21. The Morgan fingerprint density at radius 3 is 2.88 bits per heavy atom. The van der Waals surface area contributed by atoms with Gasteiger partial charge in [-0.15, -0.1) is 0 Å². The molecule has 0 bridgehead atoms. The number of aliphatic hydroxyl groups is 1. The minimum atomic E-state index is -0.248. The molecule has 1 rings (SSSR count). The minimum absolute atomic E-state index is 0.0425. The number of hydrogen-bond acceptors (Lipinski definition) is 2. The highest BCUT2D eigenvalue weighted by atomic mass is 32.2. The first kappa shape index (κ1) is 13.1. The predicted molar refractivity (Wildman–Crippen MR) is 66.8 cm³/mol. The molecule has 0 unspecified atom stereocenters. The Bertz CT molecular complexity index is 393. The lowest BCUT2D eigenvalue weighted by molar-refractivity contribution is 0.305. The fraction of sp³-hybridized carbons (Fsp3) is 0.385. The van der Waals surface area contributed by atoms with Crippen LogP contribution in [0.15, 0.2) is 18.2 Å². The third kappa shape index (κ3) is 4.69. The van der Waals surface area contributed by atoms with Crippen molar-refractivity contribution in [2.24, 2.45) is 0 Å². The van der Waals surface area contributed by atoms with E-state index in [9.17, 15) is 4.39 Å². The molecule has 0 spiro atoms. The van der Waals surface area contributed by atoms with Crippen LogP contribution in [0.2, 0.25) is 0 Å². The van der Waals surface area contributed by atoms with Gasteiger partial charge in [0.15, 0.2) is 0 Å². The Labute approximate surface area is 100 Å². The van der Waals surface area contributed by atoms with Gasteiger partial charge in [0.2, 0.25) is 0 Å². The van der Waals surface area contributed by atoms with E-state index in [0.717, 1.165) is 17.1 Å². The average Bonchev–Trinajstić information content (AvgIpc) is 2.26. The molecule has 0 aliphatic heterocycles. The first-order valence-corrected chi connectivity index (χ1v) is 6.38. The van der Waals surface area contributed by atoms with Crippen molar-refractivity contribution in [1.82, 2.24) is 0 Å². The van der Waals surface area contributed by atoms with Crippen molar-refractivity contribution in [3.8, 4) is 11.8 Å². The van der Waals surface area contributed by atoms with Crippen molar-refractivity contribution in [2.75, 3.05) is 12.4 Å². The van der Waals surface area contributed by atoms with Gasteiger partial charge in [-0.1, -0.05) is 18.8 Å². The summed E-state index contributed by atoms with van der Waals surface area (Å²) in [6, 6.07) is 4.86. The van der Waals surface area contributed by atoms with Gasteiger partial charge >= 0.3 is 0 Å². The Balaban J connectivity index is 2.78. The van der Waals surface area contributed by atoms with Crippen molar-refractivity contribution < 1.29 is 9.50 Å². The monoisotopic (exact) mass is 238 g/mol. The molecule has 0 radical (unpaired) electrons. The molecule has 0 fully saturated rings. The molecule has 3 heteroatoms. The molecular weight excluding hydrogens is 223 g/mol. The van der Waals surface area contributed by atoms with Crippen molar-refractivity contribution in [3.63, 3.8) is 0 Å². The summed E-state index contributed by atoms with van der Waals surface area (Å²) < 4.78 is 13.2. The molecule has 86 valence electrons. The molecule has 16 heavy (non-hydrogen) atoms. The van der Waals surface area contributed by atoms with Gasteiger partial charge in [-0.25, -0.2) is 4.39 Å². The second-order valence-electron chi connectivity index (χ2n) is 3.26. The van der Waals surface area contributed by atoms with E-state index in [4.69, 9.17) is 5.11 Å². The molecule has 0 aliphatic rings. The van der Waals surface area contributed by atoms with E-state index in [1.807, 2.05) is 6.07 Å². The van der Waals surface area contributed by atoms with E-state index in [2.05, 4.69) is 18.8 Å². The van der Waals surface area contributed by atoms with Gasteiger partial charge in [-0.3, -0.25) is 0 Å². The van der Waals surface area contributed by atoms with Crippen LogP contribution in [-0.4, -0.2) is 17.5 Å². The van der Waals surface area contributed by atoms with Crippen molar-refractivity contribution in [2.45, 2.75) is 19.1 Å². The summed E-state index contributed by atoms with van der Waals surface area (Å²) in [4.78, 5) is 0. The summed E-state index contributed by atoms with van der Waals surface area (Å²) >= 11 is 1.75. The molecule has 1 aromatic rings. The van der Waals surface area contributed by atoms with Crippen molar-refractivity contribution in [3.05, 3.63) is 35.1 Å². The van der Waals surface area contributed by atoms with E-state index < -0.39 is 0 Å². The first-order chi connectivity index (χ1) is 7.76. The van der Waals surface area contributed by atoms with E-state index in [0.29, 0.717) is 12.0 Å². The fourth-order valence-electron chi connectivity index (χ4n) is 1.25. The van der Waals surface area contributed by atoms with Crippen LogP contribution in [-0.2, 0) is 5.75 Å². The van der Waals surface area contributed by atoms with Gasteiger partial charge in [-0.05, 0) is 29.5 Å². The Hall–Kier alpha value is -0.980. The highest BCUT2D eigenvalue weighted by molar-refractivity contribution is 7.98. The van der Waals surface area contributed by atoms with Gasteiger partial charge < -0.3 is 5.11 Å². The molecule has 0 amide bonds. The SMILES string of the molecule is CCSCc1cc(F)cc(C#CCCO)c1. The van der Waals surface area contributed by atoms with Gasteiger partial charge in [0.25, 0.3) is 0 Å². The van der Waals surface area contributed by atoms with Crippen LogP contribution in [0.1, 0.15) is 24.5 Å². The lowest BCUT2D eigenvalue weighted by Gasteiger charge is -2.01. The maximum absolute atomic E-state index is 13.2. The standard InChI is InChI=1S/C13H15FOS/c1-2-16-10-12-7-11(5-3-4-6-15)8-13(14)9-12/h7-9,15H,2,4,6,10H2,1H3. The quantitative estimate of drug-likeness (QED) is 0.814. The molecule has 0 heterocycles. The molecule has 1 N–H and O–H groups in total. The van der Waals surface area contributed by atoms with Crippen LogP contribution in [0.3, 0.4) is 0 Å². The number of hydrogen-bond donors (Lipinski definition) is 1. The highest BCUT2D eigenvalue weighted by Gasteiger charge is 1.99. The number of benzene rings is 1. The van der Waals surface area contributed by atoms with Gasteiger partial charge in [0.1, 0.15) is 5.82 Å². The summed E-state index contributed by atoms with van der Waals surface area (Å²) in [7, 11) is 0. The Morgan fingerprint density at radius 2 is 2.19 bits per heavy atom. The Kier molecular flexibility index (Phi) is 5.99. The van der Waals surface area contributed by atoms with E-state index in [1.165, 1.54) is 6.07 Å². The number of halogens is 1. The number of rotatable bonds is 4. The second kappa shape index (κ2) is 7.32. The normalized spacial score (nSPS) is 9.69. The fourth-order valence-corrected chi connectivity index (χ4v) is 1.85. The lowest BCUT2D eigenvalue weighted by Crippen LogP contribution is -1.87. The largest absolute Gasteiger partial charge is 0.395 e. The zero-order valence-electron chi connectivity index (χ0n) is 9.29. The summed E-state index contributed by atoms with van der Waals surface area (Å²) in [5, 5.41) is 8.59. The second-order valence-corrected chi connectivity index (χ2v) is 4.53. The molecule has 0 saturated carbocycles. The molecule has 1 nitrogen and oxygen atoms in total. The summed E-state index contributed by atoms with van der Waals surface area (Å²) in [6.45, 7) is 2.12. The lowest BCUT2D eigenvalue weighted by atomic mass is 10.1. The van der Waals surface area contributed by atoms with Crippen LogP contribution in [0.5, 0.6) is 0 Å². The zero-order valence-corrected chi connectivity index (χ0v) is 10.1. The average molecular weight is 238 g/mol. The van der Waals surface area contributed by atoms with Gasteiger partial charge in [-0.2, -0.15) is 11.8 Å². The third-order valence-corrected chi connectivity index (χ3v) is 2.85. The molecule has 0 aliphatic carbocycles. The van der Waals surface area contributed by atoms with Crippen molar-refractivity contribution in [1.29, 1.82) is 0 Å². The van der Waals surface area contributed by atoms with Crippen LogP contribution in [0, 0.1) is 17.7 Å². The molecule has 0 atom stereocenters. The smallest absolute Gasteiger partial charge is 0.124 e. The van der Waals surface area contributed by atoms with Gasteiger partial charge in [0, 0.05) is 17.7 Å². The third-order valence-electron chi connectivity index (χ3n) is 1.90. The van der Waals surface area contributed by atoms with Crippen LogP contribution < -0.4 is 0 Å². The van der Waals surface area contributed by atoms with E-state index in [-0.39, 0.29) is 12.4 Å². The summed E-state index contributed by atoms with van der Waals surface area (Å²) in [6.07, 6.45) is 0.426. The Morgan fingerprint density at radius 1 is 1.38 bits per heavy atom. The van der Waals surface area contributed by atoms with E-state index >= 15 is 0 Å². The zero-order chi connectivity index (χ0) is 11.8. The molecular formula is C13H15FOS. The number of thioether (sulfide) groups is 1. The molecule has 0 aromatic heterocycles. The van der Waals surface area contributed by atoms with Crippen molar-refractivity contribution >= 4 is 11.8 Å². The molecule has 0 saturated heterocycles. The predicted octanol–water partition coefficient (Wildman–Crippen LogP) is 2.81. The van der Waals surface area contributed by atoms with Crippen LogP contribution in [0.25, 0.3) is 0 Å². The minimum Gasteiger partial charge on any atom is -0.395 e. The number of aliphatic hydroxyl groups excluding tert-OH is 1. The maximum Gasteiger partial charge on any atom is 0.124 e. The van der Waals surface area contributed by atoms with Crippen LogP contribution in [0.4, 0.5) is 4.39 Å². The topological polar surface area (TPSA) is 20.2 Å². The first-order valence-electron chi connectivity index (χ1n) is 5.23. The maximum atomic E-state index is 13.2. The van der Waals surface area contributed by atoms with Crippen LogP contribution >= 0.6 is 11.8 Å². The van der Waals surface area contributed by atoms with Gasteiger partial charge in [0.05, 0.1) is 6.61 Å². The molecule has 1 aromatic carbocycles. The van der Waals surface area contributed by atoms with E-state index in [1.54, 1.807) is 17.8 Å².